The molecule has 20 heavy (non-hydrogen) atoms. The fraction of sp³-hybridized carbons (Fsp3) is 0.500. The topological polar surface area (TPSA) is 24.5 Å². The molecule has 4 heteroatoms. The lowest BCUT2D eigenvalue weighted by Gasteiger charge is -2.31. The minimum absolute atomic E-state index is 0. The third kappa shape index (κ3) is 4.82. The lowest BCUT2D eigenvalue weighted by atomic mass is 10.1. The first kappa shape index (κ1) is 17.0. The third-order valence-electron chi connectivity index (χ3n) is 3.71. The summed E-state index contributed by atoms with van der Waals surface area (Å²) in [6.07, 6.45) is 6.97. The average molecular weight is 297 g/mol. The molecule has 1 aliphatic rings. The highest BCUT2D eigenvalue weighted by Crippen LogP contribution is 2.18. The third-order valence-corrected chi connectivity index (χ3v) is 3.71. The molecule has 1 aliphatic heterocycles. The lowest BCUT2D eigenvalue weighted by Crippen LogP contribution is -2.44. The van der Waals surface area contributed by atoms with Crippen LogP contribution in [0.5, 0.6) is 5.75 Å². The van der Waals surface area contributed by atoms with Crippen LogP contribution in [0.2, 0.25) is 0 Å². The Morgan fingerprint density at radius 3 is 2.95 bits per heavy atom. The minimum Gasteiger partial charge on any atom is -0.496 e. The van der Waals surface area contributed by atoms with Crippen LogP contribution in [0.15, 0.2) is 30.3 Å². The quantitative estimate of drug-likeness (QED) is 0.904. The number of ether oxygens (including phenoxy) is 1. The number of likely N-dealkylation sites (tertiary alicyclic amines) is 1. The first-order chi connectivity index (χ1) is 9.33. The Hall–Kier alpha value is -1.03. The summed E-state index contributed by atoms with van der Waals surface area (Å²) in [5.41, 5.74) is 1.15. The molecule has 0 aromatic heterocycles. The molecule has 1 aromatic rings. The van der Waals surface area contributed by atoms with E-state index >= 15 is 0 Å². The summed E-state index contributed by atoms with van der Waals surface area (Å²) >= 11 is 0. The number of benzene rings is 1. The average Bonchev–Trinajstić information content (AvgIpc) is 2.48. The molecule has 1 atom stereocenters. The number of hydrogen-bond donors (Lipinski definition) is 1. The van der Waals surface area contributed by atoms with Crippen LogP contribution in [0.1, 0.15) is 18.4 Å². The van der Waals surface area contributed by atoms with Crippen molar-refractivity contribution in [3.8, 4) is 5.75 Å². The molecule has 1 fully saturated rings. The number of likely N-dealkylation sites (N-methyl/N-ethyl adjacent to an activating group) is 1. The van der Waals surface area contributed by atoms with Gasteiger partial charge in [-0.3, -0.25) is 4.90 Å². The van der Waals surface area contributed by atoms with Crippen molar-refractivity contribution in [2.75, 3.05) is 33.8 Å². The molecule has 2 rings (SSSR count). The van der Waals surface area contributed by atoms with Crippen LogP contribution in [0.3, 0.4) is 0 Å². The highest BCUT2D eigenvalue weighted by Gasteiger charge is 2.16. The second-order valence-corrected chi connectivity index (χ2v) is 5.03. The molecule has 1 N–H and O–H groups in total. The summed E-state index contributed by atoms with van der Waals surface area (Å²) in [5.74, 6) is 0.936. The van der Waals surface area contributed by atoms with Crippen molar-refractivity contribution >= 4 is 18.5 Å². The van der Waals surface area contributed by atoms with E-state index in [0.29, 0.717) is 6.04 Å². The number of piperidine rings is 1. The molecule has 3 nitrogen and oxygen atoms in total. The normalized spacial score (nSPS) is 19.8. The summed E-state index contributed by atoms with van der Waals surface area (Å²) < 4.78 is 5.35. The van der Waals surface area contributed by atoms with Gasteiger partial charge in [0, 0.05) is 24.7 Å². The van der Waals surface area contributed by atoms with E-state index < -0.39 is 0 Å². The molecule has 0 saturated carbocycles. The molecule has 1 aromatic carbocycles. The number of para-hydroxylation sites is 1. The van der Waals surface area contributed by atoms with Crippen molar-refractivity contribution in [3.05, 3.63) is 35.9 Å². The highest BCUT2D eigenvalue weighted by molar-refractivity contribution is 5.85. The standard InChI is InChI=1S/C16H24N2O.ClH/c1-17-15-9-6-12-18(13-15)11-5-8-14-7-3-4-10-16(14)19-2;/h3-5,7-8,10,15,17H,6,9,11-13H2,1-2H3;1H/b8-5+;. The molecular formula is C16H25ClN2O. The van der Waals surface area contributed by atoms with E-state index in [-0.39, 0.29) is 12.4 Å². The smallest absolute Gasteiger partial charge is 0.126 e. The number of rotatable bonds is 5. The number of nitrogens with zero attached hydrogens (tertiary/aromatic N) is 1. The first-order valence-corrected chi connectivity index (χ1v) is 7.02. The lowest BCUT2D eigenvalue weighted by molar-refractivity contribution is 0.213. The van der Waals surface area contributed by atoms with E-state index in [4.69, 9.17) is 4.74 Å². The Kier molecular flexibility index (Phi) is 7.67. The summed E-state index contributed by atoms with van der Waals surface area (Å²) in [4.78, 5) is 2.50. The molecule has 0 bridgehead atoms. The summed E-state index contributed by atoms with van der Waals surface area (Å²) in [7, 11) is 3.77. The first-order valence-electron chi connectivity index (χ1n) is 7.02. The van der Waals surface area contributed by atoms with E-state index in [0.717, 1.165) is 24.4 Å². The van der Waals surface area contributed by atoms with Crippen molar-refractivity contribution in [2.45, 2.75) is 18.9 Å². The van der Waals surface area contributed by atoms with Gasteiger partial charge in [0.2, 0.25) is 0 Å². The molecule has 1 heterocycles. The van der Waals surface area contributed by atoms with Gasteiger partial charge in [-0.1, -0.05) is 30.4 Å². The maximum absolute atomic E-state index is 5.35. The zero-order valence-corrected chi connectivity index (χ0v) is 13.2. The van der Waals surface area contributed by atoms with Crippen molar-refractivity contribution in [3.63, 3.8) is 0 Å². The van der Waals surface area contributed by atoms with Gasteiger partial charge in [-0.2, -0.15) is 0 Å². The zero-order valence-electron chi connectivity index (χ0n) is 12.3. The summed E-state index contributed by atoms with van der Waals surface area (Å²) in [5, 5.41) is 3.37. The van der Waals surface area contributed by atoms with Crippen LogP contribution in [0.25, 0.3) is 6.08 Å². The van der Waals surface area contributed by atoms with Crippen LogP contribution < -0.4 is 10.1 Å². The van der Waals surface area contributed by atoms with Crippen LogP contribution in [0, 0.1) is 0 Å². The van der Waals surface area contributed by atoms with Crippen LogP contribution in [-0.2, 0) is 0 Å². The van der Waals surface area contributed by atoms with Crippen molar-refractivity contribution in [1.29, 1.82) is 0 Å². The van der Waals surface area contributed by atoms with Gasteiger partial charge in [-0.15, -0.1) is 12.4 Å². The fourth-order valence-electron chi connectivity index (χ4n) is 2.59. The Labute approximate surface area is 128 Å². The van der Waals surface area contributed by atoms with Crippen molar-refractivity contribution < 1.29 is 4.74 Å². The number of halogens is 1. The van der Waals surface area contributed by atoms with E-state index in [1.165, 1.54) is 19.4 Å². The van der Waals surface area contributed by atoms with Gasteiger partial charge in [0.1, 0.15) is 5.75 Å². The number of methoxy groups -OCH3 is 1. The van der Waals surface area contributed by atoms with Gasteiger partial charge in [0.05, 0.1) is 7.11 Å². The molecular weight excluding hydrogens is 272 g/mol. The van der Waals surface area contributed by atoms with Gasteiger partial charge in [-0.05, 0) is 32.5 Å². The minimum atomic E-state index is 0. The van der Waals surface area contributed by atoms with Gasteiger partial charge in [-0.25, -0.2) is 0 Å². The number of hydrogen-bond acceptors (Lipinski definition) is 3. The molecule has 0 radical (unpaired) electrons. The second kappa shape index (κ2) is 9.01. The van der Waals surface area contributed by atoms with Gasteiger partial charge in [0.25, 0.3) is 0 Å². The monoisotopic (exact) mass is 296 g/mol. The van der Waals surface area contributed by atoms with Crippen LogP contribution in [0.4, 0.5) is 0 Å². The Balaban J connectivity index is 0.00000200. The molecule has 1 saturated heterocycles. The Morgan fingerprint density at radius 2 is 2.20 bits per heavy atom. The van der Waals surface area contributed by atoms with Gasteiger partial charge < -0.3 is 10.1 Å². The molecule has 112 valence electrons. The summed E-state index contributed by atoms with van der Waals surface area (Å²) in [6, 6.07) is 8.77. The fourth-order valence-corrected chi connectivity index (χ4v) is 2.59. The highest BCUT2D eigenvalue weighted by atomic mass is 35.5. The van der Waals surface area contributed by atoms with E-state index in [2.05, 4.69) is 35.5 Å². The maximum Gasteiger partial charge on any atom is 0.126 e. The molecule has 0 amide bonds. The largest absolute Gasteiger partial charge is 0.496 e. The van der Waals surface area contributed by atoms with Crippen LogP contribution >= 0.6 is 12.4 Å². The zero-order chi connectivity index (χ0) is 13.5. The second-order valence-electron chi connectivity index (χ2n) is 5.03. The predicted octanol–water partition coefficient (Wildman–Crippen LogP) is 2.81. The predicted molar refractivity (Wildman–Crippen MR) is 87.8 cm³/mol. The summed E-state index contributed by atoms with van der Waals surface area (Å²) in [6.45, 7) is 3.36. The maximum atomic E-state index is 5.35. The Bertz CT molecular complexity index is 423. The molecule has 0 spiro atoms. The number of nitrogens with one attached hydrogen (secondary N) is 1. The van der Waals surface area contributed by atoms with E-state index in [1.807, 2.05) is 18.2 Å². The van der Waals surface area contributed by atoms with Crippen molar-refractivity contribution in [1.82, 2.24) is 10.2 Å². The molecule has 0 aliphatic carbocycles. The van der Waals surface area contributed by atoms with Gasteiger partial charge >= 0.3 is 0 Å². The van der Waals surface area contributed by atoms with Crippen LogP contribution in [-0.4, -0.2) is 44.7 Å². The Morgan fingerprint density at radius 1 is 1.40 bits per heavy atom. The van der Waals surface area contributed by atoms with E-state index in [1.54, 1.807) is 7.11 Å². The SMILES string of the molecule is CNC1CCCN(C/C=C/c2ccccc2OC)C1.Cl. The van der Waals surface area contributed by atoms with Gasteiger partial charge in [0.15, 0.2) is 0 Å². The van der Waals surface area contributed by atoms with E-state index in [9.17, 15) is 0 Å². The van der Waals surface area contributed by atoms with Crippen molar-refractivity contribution in [2.24, 2.45) is 0 Å². The molecule has 1 unspecified atom stereocenters.